The number of aliphatic hydroxyl groups excluding tert-OH is 1. The van der Waals surface area contributed by atoms with Crippen molar-refractivity contribution in [1.82, 2.24) is 0 Å². The minimum absolute atomic E-state index is 0.0270. The van der Waals surface area contributed by atoms with E-state index >= 15 is 0 Å². The summed E-state index contributed by atoms with van der Waals surface area (Å²) in [5, 5.41) is 10.2. The highest BCUT2D eigenvalue weighted by Crippen LogP contribution is 2.38. The minimum Gasteiger partial charge on any atom is -0.756 e. The average Bonchev–Trinajstić information content (AvgIpc) is 3.60. The SMILES string of the molecule is CCCCCCCC/C=C\CCCCCCCCCCCCCC(=O)O[C@H](COC(=O)CCC/C=C\C[C@H]1C=CC(=O)[C@@H]1/C=C/[C@@H](O)CCCCC)COP(=O)([O-])OCC[N+](C)(C)C. The zero-order valence-corrected chi connectivity index (χ0v) is 42.0. The Balaban J connectivity index is 2.36. The number of carbonyl (C=O) groups excluding carboxylic acids is 3. The van der Waals surface area contributed by atoms with Crippen molar-refractivity contribution in [1.29, 1.82) is 0 Å². The van der Waals surface area contributed by atoms with Crippen LogP contribution in [0, 0.1) is 11.8 Å². The highest BCUT2D eigenvalue weighted by Gasteiger charge is 2.27. The molecule has 0 spiro atoms. The second-order valence-electron chi connectivity index (χ2n) is 18.8. The van der Waals surface area contributed by atoms with Gasteiger partial charge in [-0.3, -0.25) is 18.9 Å². The molecule has 1 N–H and O–H groups in total. The molecule has 1 unspecified atom stereocenters. The lowest BCUT2D eigenvalue weighted by Gasteiger charge is -2.28. The first-order valence-corrected chi connectivity index (χ1v) is 26.9. The Kier molecular flexibility index (Phi) is 36.0. The van der Waals surface area contributed by atoms with Gasteiger partial charge in [-0.1, -0.05) is 166 Å². The van der Waals surface area contributed by atoms with E-state index in [-0.39, 0.29) is 43.7 Å². The predicted octanol–water partition coefficient (Wildman–Crippen LogP) is 12.0. The van der Waals surface area contributed by atoms with Crippen LogP contribution < -0.4 is 4.89 Å². The number of phosphoric ester groups is 1. The fourth-order valence-electron chi connectivity index (χ4n) is 7.46. The maximum Gasteiger partial charge on any atom is 0.306 e. The molecule has 0 amide bonds. The minimum atomic E-state index is -4.68. The lowest BCUT2D eigenvalue weighted by atomic mass is 9.90. The van der Waals surface area contributed by atoms with Crippen LogP contribution in [0.1, 0.15) is 194 Å². The number of hydrogen-bond acceptors (Lipinski definition) is 10. The van der Waals surface area contributed by atoms with Crippen molar-refractivity contribution in [2.24, 2.45) is 11.8 Å². The van der Waals surface area contributed by atoms with Crippen molar-refractivity contribution in [3.63, 3.8) is 0 Å². The Morgan fingerprint density at radius 3 is 1.86 bits per heavy atom. The monoisotopic (exact) mass is 922 g/mol. The fourth-order valence-corrected chi connectivity index (χ4v) is 8.19. The van der Waals surface area contributed by atoms with Crippen LogP contribution in [0.4, 0.5) is 0 Å². The number of phosphoric acid groups is 1. The number of carbonyl (C=O) groups is 3. The highest BCUT2D eigenvalue weighted by molar-refractivity contribution is 7.45. The fraction of sp³-hybridized carbons (Fsp3) is 0.788. The van der Waals surface area contributed by atoms with E-state index in [1.54, 1.807) is 12.2 Å². The summed E-state index contributed by atoms with van der Waals surface area (Å²) in [7, 11) is 1.06. The molecule has 11 nitrogen and oxygen atoms in total. The predicted molar refractivity (Wildman–Crippen MR) is 258 cm³/mol. The lowest BCUT2D eigenvalue weighted by Crippen LogP contribution is -2.37. The zero-order chi connectivity index (χ0) is 47.2. The molecule has 0 saturated carbocycles. The van der Waals surface area contributed by atoms with Gasteiger partial charge in [0, 0.05) is 18.8 Å². The van der Waals surface area contributed by atoms with E-state index in [0.717, 1.165) is 38.5 Å². The quantitative estimate of drug-likeness (QED) is 0.0206. The molecule has 0 aromatic carbocycles. The topological polar surface area (TPSA) is 148 Å². The third-order valence-corrected chi connectivity index (χ3v) is 12.5. The molecule has 12 heteroatoms. The molecule has 1 aliphatic carbocycles. The molecule has 0 aromatic rings. The summed E-state index contributed by atoms with van der Waals surface area (Å²) in [4.78, 5) is 50.3. The number of nitrogens with zero attached hydrogens (tertiary/aromatic N) is 1. The van der Waals surface area contributed by atoms with Crippen LogP contribution in [-0.2, 0) is 37.5 Å². The molecular formula is C52H92NO10P. The Labute approximate surface area is 390 Å². The third-order valence-electron chi connectivity index (χ3n) is 11.6. The van der Waals surface area contributed by atoms with Gasteiger partial charge in [0.25, 0.3) is 7.82 Å². The van der Waals surface area contributed by atoms with Crippen molar-refractivity contribution in [3.8, 4) is 0 Å². The van der Waals surface area contributed by atoms with Crippen LogP contribution in [-0.4, -0.2) is 87.0 Å². The van der Waals surface area contributed by atoms with Crippen LogP contribution in [0.5, 0.6) is 0 Å². The summed E-state index contributed by atoms with van der Waals surface area (Å²) in [5.74, 6) is -1.19. The molecule has 64 heavy (non-hydrogen) atoms. The smallest absolute Gasteiger partial charge is 0.306 e. The molecule has 0 bridgehead atoms. The largest absolute Gasteiger partial charge is 0.756 e. The first-order chi connectivity index (χ1) is 30.8. The summed E-state index contributed by atoms with van der Waals surface area (Å²) in [6, 6.07) is 0. The maximum absolute atomic E-state index is 12.8. The Hall–Kier alpha value is -2.40. The van der Waals surface area contributed by atoms with Crippen LogP contribution in [0.2, 0.25) is 0 Å². The van der Waals surface area contributed by atoms with E-state index < -0.39 is 38.6 Å². The second kappa shape index (κ2) is 38.7. The molecule has 1 rings (SSSR count). The van der Waals surface area contributed by atoms with E-state index in [9.17, 15) is 28.9 Å². The summed E-state index contributed by atoms with van der Waals surface area (Å²) in [5.41, 5.74) is 0. The second-order valence-corrected chi connectivity index (χ2v) is 20.2. The lowest BCUT2D eigenvalue weighted by molar-refractivity contribution is -0.870. The van der Waals surface area contributed by atoms with Crippen LogP contribution in [0.15, 0.2) is 48.6 Å². The zero-order valence-electron chi connectivity index (χ0n) is 41.1. The first-order valence-electron chi connectivity index (χ1n) is 25.4. The van der Waals surface area contributed by atoms with Crippen LogP contribution >= 0.6 is 7.82 Å². The average molecular weight is 922 g/mol. The number of aliphatic hydroxyl groups is 1. The van der Waals surface area contributed by atoms with Crippen LogP contribution in [0.25, 0.3) is 0 Å². The van der Waals surface area contributed by atoms with Gasteiger partial charge in [-0.25, -0.2) is 0 Å². The van der Waals surface area contributed by atoms with Gasteiger partial charge < -0.3 is 33.0 Å². The van der Waals surface area contributed by atoms with Crippen molar-refractivity contribution in [2.45, 2.75) is 206 Å². The normalized spacial score (nSPS) is 17.5. The van der Waals surface area contributed by atoms with Crippen molar-refractivity contribution in [3.05, 3.63) is 48.6 Å². The number of likely N-dealkylation sites (N-methyl/N-ethyl adjacent to an activating group) is 1. The molecule has 0 saturated heterocycles. The number of allylic oxidation sites excluding steroid dienone is 7. The summed E-state index contributed by atoms with van der Waals surface area (Å²) in [6.07, 6.45) is 43.4. The van der Waals surface area contributed by atoms with Gasteiger partial charge in [-0.05, 0) is 69.8 Å². The summed E-state index contributed by atoms with van der Waals surface area (Å²) >= 11 is 0. The summed E-state index contributed by atoms with van der Waals surface area (Å²) in [6.45, 7) is 3.91. The number of hydrogen-bond donors (Lipinski definition) is 1. The number of esters is 2. The van der Waals surface area contributed by atoms with Gasteiger partial charge in [0.05, 0.1) is 33.9 Å². The summed E-state index contributed by atoms with van der Waals surface area (Å²) < 4.78 is 34.0. The van der Waals surface area contributed by atoms with Gasteiger partial charge >= 0.3 is 11.9 Å². The maximum atomic E-state index is 12.8. The molecule has 0 radical (unpaired) electrons. The molecule has 0 aromatic heterocycles. The standard InChI is InChI=1S/C52H92NO10P/c1-6-8-10-11-12-13-14-15-16-17-18-19-20-21-22-23-24-25-26-27-33-37-52(57)63-48(45-62-64(58,59)61-43-42-53(3,4)5)44-60-51(56)36-32-29-28-31-34-46-38-41-50(55)49(46)40-39-47(54)35-30-9-7-2/h15-16,28,31,38-41,46-49,54H,6-14,17-27,29-30,32-37,42-45H2,1-5H3/b16-15-,31-28-,40-39+/t46-,47-,48+,49+/m0/s1. The first kappa shape index (κ1) is 59.6. The van der Waals surface area contributed by atoms with E-state index in [2.05, 4.69) is 26.0 Å². The van der Waals surface area contributed by atoms with E-state index in [1.165, 1.54) is 96.3 Å². The van der Waals surface area contributed by atoms with E-state index in [1.807, 2.05) is 45.4 Å². The Morgan fingerprint density at radius 2 is 1.25 bits per heavy atom. The number of ether oxygens (including phenoxy) is 2. The van der Waals surface area contributed by atoms with Gasteiger partial charge in [0.2, 0.25) is 0 Å². The molecule has 0 aliphatic heterocycles. The third kappa shape index (κ3) is 35.8. The Bertz CT molecular complexity index is 1370. The van der Waals surface area contributed by atoms with E-state index in [4.69, 9.17) is 18.5 Å². The van der Waals surface area contributed by atoms with Gasteiger partial charge in [-0.2, -0.15) is 0 Å². The van der Waals surface area contributed by atoms with Crippen LogP contribution in [0.3, 0.4) is 0 Å². The Morgan fingerprint density at radius 1 is 0.719 bits per heavy atom. The molecule has 0 fully saturated rings. The molecular weight excluding hydrogens is 830 g/mol. The van der Waals surface area contributed by atoms with Gasteiger partial charge in [0.15, 0.2) is 11.9 Å². The number of rotatable bonds is 43. The molecule has 1 aliphatic rings. The van der Waals surface area contributed by atoms with E-state index in [0.29, 0.717) is 43.1 Å². The number of quaternary nitrogens is 1. The molecule has 5 atom stereocenters. The number of ketones is 1. The van der Waals surface area contributed by atoms with Crippen molar-refractivity contribution >= 4 is 25.5 Å². The highest BCUT2D eigenvalue weighted by atomic mass is 31.2. The van der Waals surface area contributed by atoms with Gasteiger partial charge in [-0.15, -0.1) is 0 Å². The molecule has 370 valence electrons. The van der Waals surface area contributed by atoms with Gasteiger partial charge in [0.1, 0.15) is 19.8 Å². The molecule has 0 heterocycles. The van der Waals surface area contributed by atoms with Crippen molar-refractivity contribution < 1.29 is 52.0 Å². The van der Waals surface area contributed by atoms with Crippen molar-refractivity contribution in [2.75, 3.05) is 47.5 Å². The number of unbranched alkanes of at least 4 members (excludes halogenated alkanes) is 20.